The molecule has 6 heteroatoms. The second kappa shape index (κ2) is 10.3. The summed E-state index contributed by atoms with van der Waals surface area (Å²) >= 11 is 0. The number of hydrogen-bond acceptors (Lipinski definition) is 6. The van der Waals surface area contributed by atoms with Gasteiger partial charge in [-0.05, 0) is 66.6 Å². The highest BCUT2D eigenvalue weighted by atomic mass is 16.5. The molecule has 0 amide bonds. The summed E-state index contributed by atoms with van der Waals surface area (Å²) in [5, 5.41) is 3.45. The van der Waals surface area contributed by atoms with Gasteiger partial charge in [-0.1, -0.05) is 36.9 Å². The normalized spacial score (nSPS) is 16.4. The van der Waals surface area contributed by atoms with Crippen molar-refractivity contribution in [2.75, 3.05) is 36.6 Å². The van der Waals surface area contributed by atoms with Crippen molar-refractivity contribution in [1.29, 1.82) is 0 Å². The van der Waals surface area contributed by atoms with Gasteiger partial charge in [-0.25, -0.2) is 4.98 Å². The number of ether oxygens (including phenoxy) is 2. The molecule has 0 bridgehead atoms. The molecule has 0 radical (unpaired) electrons. The number of fused-ring (bicyclic) bond motifs is 1. The molecule has 6 nitrogen and oxygen atoms in total. The van der Waals surface area contributed by atoms with E-state index in [0.717, 1.165) is 68.5 Å². The second-order valence-corrected chi connectivity index (χ2v) is 9.05. The first-order valence-corrected chi connectivity index (χ1v) is 12.1. The molecule has 2 aliphatic rings. The number of anilines is 2. The van der Waals surface area contributed by atoms with Crippen molar-refractivity contribution in [2.24, 2.45) is 5.92 Å². The fourth-order valence-electron chi connectivity index (χ4n) is 4.64. The Morgan fingerprint density at radius 2 is 1.94 bits per heavy atom. The Bertz CT molecular complexity index is 1130. The van der Waals surface area contributed by atoms with E-state index in [1.165, 1.54) is 11.1 Å². The molecule has 1 atom stereocenters. The van der Waals surface area contributed by atoms with Gasteiger partial charge in [0.15, 0.2) is 0 Å². The van der Waals surface area contributed by atoms with Gasteiger partial charge < -0.3 is 19.7 Å². The Labute approximate surface area is 201 Å². The predicted octanol–water partition coefficient (Wildman–Crippen LogP) is 5.49. The van der Waals surface area contributed by atoms with Gasteiger partial charge in [0.1, 0.15) is 11.6 Å². The summed E-state index contributed by atoms with van der Waals surface area (Å²) in [4.78, 5) is 11.7. The zero-order chi connectivity index (χ0) is 23.3. The van der Waals surface area contributed by atoms with Crippen LogP contribution in [0.1, 0.15) is 42.5 Å². The van der Waals surface area contributed by atoms with Gasteiger partial charge in [0.25, 0.3) is 0 Å². The van der Waals surface area contributed by atoms with E-state index >= 15 is 0 Å². The van der Waals surface area contributed by atoms with Gasteiger partial charge in [0.05, 0.1) is 12.6 Å². The van der Waals surface area contributed by atoms with E-state index in [0.29, 0.717) is 11.9 Å². The van der Waals surface area contributed by atoms with Crippen LogP contribution in [0.15, 0.2) is 67.4 Å². The minimum Gasteiger partial charge on any atom is -0.493 e. The summed E-state index contributed by atoms with van der Waals surface area (Å²) < 4.78 is 11.3. The SMILES string of the molecule is C=C(c1ccc2c(c1)CCO2)N(CC1CCOCC1)c1ccnc(N[C@@H](C)c2ccccc2)n1. The molecule has 3 heterocycles. The van der Waals surface area contributed by atoms with Crippen molar-refractivity contribution in [3.05, 3.63) is 84.1 Å². The number of nitrogens with zero attached hydrogens (tertiary/aromatic N) is 3. The van der Waals surface area contributed by atoms with Gasteiger partial charge >= 0.3 is 0 Å². The van der Waals surface area contributed by atoms with E-state index in [9.17, 15) is 0 Å². The summed E-state index contributed by atoms with van der Waals surface area (Å²) in [6, 6.07) is 18.8. The molecule has 1 fully saturated rings. The summed E-state index contributed by atoms with van der Waals surface area (Å²) in [7, 11) is 0. The van der Waals surface area contributed by atoms with Gasteiger partial charge in [-0.15, -0.1) is 0 Å². The van der Waals surface area contributed by atoms with Crippen LogP contribution in [0.25, 0.3) is 5.70 Å². The minimum atomic E-state index is 0.0975. The summed E-state index contributed by atoms with van der Waals surface area (Å²) in [5.74, 6) is 2.97. The third kappa shape index (κ3) is 5.07. The van der Waals surface area contributed by atoms with E-state index < -0.39 is 0 Å². The molecule has 5 rings (SSSR count). The molecule has 0 unspecified atom stereocenters. The van der Waals surface area contributed by atoms with E-state index in [4.69, 9.17) is 14.5 Å². The molecule has 2 aliphatic heterocycles. The topological polar surface area (TPSA) is 59.5 Å². The van der Waals surface area contributed by atoms with Crippen LogP contribution >= 0.6 is 0 Å². The first-order chi connectivity index (χ1) is 16.7. The lowest BCUT2D eigenvalue weighted by molar-refractivity contribution is 0.0688. The standard InChI is InChI=1S/C28H32N4O2/c1-20(23-6-4-3-5-7-23)30-28-29-14-10-27(31-28)32(19-22-11-15-33-16-12-22)21(2)24-8-9-26-25(18-24)13-17-34-26/h3-10,14,18,20,22H,2,11-13,15-17,19H2,1H3,(H,29,30,31)/t20-/m0/s1. The van der Waals surface area contributed by atoms with Crippen LogP contribution in [-0.2, 0) is 11.2 Å². The Balaban J connectivity index is 1.41. The maximum absolute atomic E-state index is 5.70. The molecule has 1 saturated heterocycles. The monoisotopic (exact) mass is 456 g/mol. The van der Waals surface area contributed by atoms with Crippen molar-refractivity contribution in [2.45, 2.75) is 32.2 Å². The van der Waals surface area contributed by atoms with Crippen LogP contribution < -0.4 is 15.0 Å². The molecule has 34 heavy (non-hydrogen) atoms. The maximum Gasteiger partial charge on any atom is 0.225 e. The van der Waals surface area contributed by atoms with Crippen LogP contribution in [0.3, 0.4) is 0 Å². The van der Waals surface area contributed by atoms with Crippen molar-refractivity contribution < 1.29 is 9.47 Å². The number of aromatic nitrogens is 2. The van der Waals surface area contributed by atoms with Gasteiger partial charge in [0, 0.05) is 38.1 Å². The minimum absolute atomic E-state index is 0.0975. The lowest BCUT2D eigenvalue weighted by atomic mass is 9.98. The molecule has 2 aromatic carbocycles. The Morgan fingerprint density at radius 3 is 2.76 bits per heavy atom. The van der Waals surface area contributed by atoms with Crippen molar-refractivity contribution in [3.8, 4) is 5.75 Å². The second-order valence-electron chi connectivity index (χ2n) is 9.05. The first-order valence-electron chi connectivity index (χ1n) is 12.1. The predicted molar refractivity (Wildman–Crippen MR) is 136 cm³/mol. The quantitative estimate of drug-likeness (QED) is 0.484. The van der Waals surface area contributed by atoms with E-state index in [1.54, 1.807) is 0 Å². The van der Waals surface area contributed by atoms with Crippen molar-refractivity contribution in [3.63, 3.8) is 0 Å². The molecule has 1 aromatic heterocycles. The first kappa shape index (κ1) is 22.4. The third-order valence-electron chi connectivity index (χ3n) is 6.69. The van der Waals surface area contributed by atoms with Crippen LogP contribution in [0.2, 0.25) is 0 Å². The average molecular weight is 457 g/mol. The van der Waals surface area contributed by atoms with E-state index in [2.05, 4.69) is 59.0 Å². The smallest absolute Gasteiger partial charge is 0.225 e. The Hall–Kier alpha value is -3.38. The van der Waals surface area contributed by atoms with Crippen molar-refractivity contribution in [1.82, 2.24) is 9.97 Å². The number of hydrogen-bond donors (Lipinski definition) is 1. The molecule has 0 spiro atoms. The van der Waals surface area contributed by atoms with Crippen LogP contribution in [0.4, 0.5) is 11.8 Å². The number of nitrogens with one attached hydrogen (secondary N) is 1. The highest BCUT2D eigenvalue weighted by Gasteiger charge is 2.23. The largest absolute Gasteiger partial charge is 0.493 e. The average Bonchev–Trinajstić information content (AvgIpc) is 3.36. The summed E-state index contributed by atoms with van der Waals surface area (Å²) in [5.41, 5.74) is 4.48. The molecule has 0 saturated carbocycles. The van der Waals surface area contributed by atoms with E-state index in [-0.39, 0.29) is 6.04 Å². The molecule has 0 aliphatic carbocycles. The molecule has 1 N–H and O–H groups in total. The van der Waals surface area contributed by atoms with E-state index in [1.807, 2.05) is 30.5 Å². The fraction of sp³-hybridized carbons (Fsp3) is 0.357. The summed E-state index contributed by atoms with van der Waals surface area (Å²) in [6.45, 7) is 9.84. The number of rotatable bonds is 8. The zero-order valence-electron chi connectivity index (χ0n) is 19.7. The van der Waals surface area contributed by atoms with Crippen LogP contribution in [-0.4, -0.2) is 36.3 Å². The Morgan fingerprint density at radius 1 is 1.12 bits per heavy atom. The molecular formula is C28H32N4O2. The fourth-order valence-corrected chi connectivity index (χ4v) is 4.64. The van der Waals surface area contributed by atoms with Crippen LogP contribution in [0, 0.1) is 5.92 Å². The maximum atomic E-state index is 5.70. The summed E-state index contributed by atoms with van der Waals surface area (Å²) in [6.07, 6.45) is 4.85. The Kier molecular flexibility index (Phi) is 6.77. The number of benzene rings is 2. The lowest BCUT2D eigenvalue weighted by Crippen LogP contribution is -2.32. The van der Waals surface area contributed by atoms with Crippen LogP contribution in [0.5, 0.6) is 5.75 Å². The highest BCUT2D eigenvalue weighted by molar-refractivity contribution is 5.77. The van der Waals surface area contributed by atoms with Crippen molar-refractivity contribution >= 4 is 17.5 Å². The molecule has 3 aromatic rings. The molecule has 176 valence electrons. The zero-order valence-corrected chi connectivity index (χ0v) is 19.7. The van der Waals surface area contributed by atoms with Gasteiger partial charge in [-0.3, -0.25) is 0 Å². The molecular weight excluding hydrogens is 424 g/mol. The van der Waals surface area contributed by atoms with Gasteiger partial charge in [-0.2, -0.15) is 4.98 Å². The third-order valence-corrected chi connectivity index (χ3v) is 6.69. The lowest BCUT2D eigenvalue weighted by Gasteiger charge is -2.32. The highest BCUT2D eigenvalue weighted by Crippen LogP contribution is 2.32. The van der Waals surface area contributed by atoms with Gasteiger partial charge in [0.2, 0.25) is 5.95 Å².